The van der Waals surface area contributed by atoms with Gasteiger partial charge in [0.1, 0.15) is 6.29 Å². The minimum atomic E-state index is -1.04. The van der Waals surface area contributed by atoms with Gasteiger partial charge in [-0.15, -0.1) is 0 Å². The van der Waals surface area contributed by atoms with Crippen LogP contribution in [0.3, 0.4) is 0 Å². The Morgan fingerprint density at radius 3 is 2.64 bits per heavy atom. The van der Waals surface area contributed by atoms with Crippen LogP contribution in [0.1, 0.15) is 33.1 Å². The molecule has 0 spiro atoms. The lowest BCUT2D eigenvalue weighted by molar-refractivity contribution is -0.133. The summed E-state index contributed by atoms with van der Waals surface area (Å²) in [7, 11) is 0. The molecule has 0 aromatic heterocycles. The van der Waals surface area contributed by atoms with E-state index in [1.54, 1.807) is 0 Å². The molecule has 4 N–H and O–H groups in total. The van der Waals surface area contributed by atoms with Crippen molar-refractivity contribution in [1.82, 2.24) is 10.6 Å². The van der Waals surface area contributed by atoms with Crippen LogP contribution in [0.4, 0.5) is 4.79 Å². The van der Waals surface area contributed by atoms with E-state index in [-0.39, 0.29) is 24.2 Å². The number of nitrogens with two attached hydrogens (primary N) is 1. The second kappa shape index (κ2) is 8.35. The molecule has 0 radical (unpaired) electrons. The average Bonchev–Trinajstić information content (AvgIpc) is 2.81. The fourth-order valence-corrected chi connectivity index (χ4v) is 2.38. The smallest absolute Gasteiger partial charge is 0.405 e. The zero-order valence-electron chi connectivity index (χ0n) is 12.8. The first-order valence-corrected chi connectivity index (χ1v) is 7.33. The molecule has 0 aliphatic carbocycles. The standard InChI is InChI=1S/C14H23N3O5/c1-8(2)5-11(22-14(15)21)13(20)17-10(7-18)6-9-3-4-16-12(9)19/h7-11H,3-6H2,1-2H3,(H2,15,21)(H,16,19)(H,17,20)/t9?,10-,11-/m0/s1. The summed E-state index contributed by atoms with van der Waals surface area (Å²) in [6.45, 7) is 4.30. The molecule has 3 atom stereocenters. The van der Waals surface area contributed by atoms with Crippen molar-refractivity contribution in [3.8, 4) is 0 Å². The third-order valence-electron chi connectivity index (χ3n) is 3.43. The van der Waals surface area contributed by atoms with Crippen molar-refractivity contribution >= 4 is 24.2 Å². The van der Waals surface area contributed by atoms with Gasteiger partial charge < -0.3 is 25.9 Å². The number of nitrogens with one attached hydrogen (secondary N) is 2. The topological polar surface area (TPSA) is 128 Å². The van der Waals surface area contributed by atoms with Crippen molar-refractivity contribution in [1.29, 1.82) is 0 Å². The highest BCUT2D eigenvalue weighted by Gasteiger charge is 2.30. The van der Waals surface area contributed by atoms with Gasteiger partial charge in [-0.1, -0.05) is 13.8 Å². The normalized spacial score (nSPS) is 20.1. The number of carbonyl (C=O) groups excluding carboxylic acids is 4. The summed E-state index contributed by atoms with van der Waals surface area (Å²) in [6, 6.07) is -0.799. The molecule has 1 fully saturated rings. The van der Waals surface area contributed by atoms with Crippen LogP contribution >= 0.6 is 0 Å². The van der Waals surface area contributed by atoms with E-state index in [0.29, 0.717) is 25.7 Å². The van der Waals surface area contributed by atoms with E-state index in [1.807, 2.05) is 13.8 Å². The Labute approximate surface area is 129 Å². The zero-order valence-corrected chi connectivity index (χ0v) is 12.8. The molecule has 22 heavy (non-hydrogen) atoms. The lowest BCUT2D eigenvalue weighted by Gasteiger charge is -2.21. The maximum atomic E-state index is 12.1. The second-order valence-corrected chi connectivity index (χ2v) is 5.82. The summed E-state index contributed by atoms with van der Waals surface area (Å²) in [4.78, 5) is 45.6. The number of primary amides is 1. The molecular weight excluding hydrogens is 290 g/mol. The zero-order chi connectivity index (χ0) is 16.7. The molecule has 1 aliphatic heterocycles. The monoisotopic (exact) mass is 313 g/mol. The molecule has 1 rings (SSSR count). The van der Waals surface area contributed by atoms with Gasteiger partial charge in [-0.2, -0.15) is 0 Å². The van der Waals surface area contributed by atoms with E-state index in [1.165, 1.54) is 0 Å². The number of amides is 3. The molecule has 1 heterocycles. The van der Waals surface area contributed by atoms with Crippen molar-refractivity contribution in [3.05, 3.63) is 0 Å². The summed E-state index contributed by atoms with van der Waals surface area (Å²) in [5.74, 6) is -0.891. The number of ether oxygens (including phenoxy) is 1. The van der Waals surface area contributed by atoms with Crippen molar-refractivity contribution in [3.63, 3.8) is 0 Å². The van der Waals surface area contributed by atoms with Crippen molar-refractivity contribution < 1.29 is 23.9 Å². The maximum Gasteiger partial charge on any atom is 0.405 e. The highest BCUT2D eigenvalue weighted by Crippen LogP contribution is 2.16. The highest BCUT2D eigenvalue weighted by molar-refractivity contribution is 5.86. The van der Waals surface area contributed by atoms with Crippen LogP contribution < -0.4 is 16.4 Å². The van der Waals surface area contributed by atoms with E-state index in [4.69, 9.17) is 10.5 Å². The fourth-order valence-electron chi connectivity index (χ4n) is 2.38. The molecule has 3 amide bonds. The Balaban J connectivity index is 2.61. The van der Waals surface area contributed by atoms with Gasteiger partial charge in [-0.25, -0.2) is 4.79 Å². The molecule has 8 heteroatoms. The van der Waals surface area contributed by atoms with E-state index in [9.17, 15) is 19.2 Å². The number of carbonyl (C=O) groups is 4. The van der Waals surface area contributed by atoms with Gasteiger partial charge >= 0.3 is 6.09 Å². The predicted molar refractivity (Wildman–Crippen MR) is 77.6 cm³/mol. The maximum absolute atomic E-state index is 12.1. The number of aldehydes is 1. The second-order valence-electron chi connectivity index (χ2n) is 5.82. The largest absolute Gasteiger partial charge is 0.436 e. The van der Waals surface area contributed by atoms with Gasteiger partial charge in [-0.05, 0) is 25.2 Å². The molecule has 8 nitrogen and oxygen atoms in total. The Morgan fingerprint density at radius 1 is 1.50 bits per heavy atom. The predicted octanol–water partition coefficient (Wildman–Crippen LogP) is -0.294. The van der Waals surface area contributed by atoms with Gasteiger partial charge in [0.2, 0.25) is 5.91 Å². The SMILES string of the molecule is CC(C)C[C@H](OC(N)=O)C(=O)N[C@H](C=O)CC1CCNC1=O. The molecule has 1 unspecified atom stereocenters. The third-order valence-corrected chi connectivity index (χ3v) is 3.43. The van der Waals surface area contributed by atoms with E-state index >= 15 is 0 Å². The third kappa shape index (κ3) is 5.71. The average molecular weight is 313 g/mol. The van der Waals surface area contributed by atoms with Crippen molar-refractivity contribution in [2.45, 2.75) is 45.3 Å². The Morgan fingerprint density at radius 2 is 2.18 bits per heavy atom. The van der Waals surface area contributed by atoms with Crippen molar-refractivity contribution in [2.24, 2.45) is 17.6 Å². The number of rotatable bonds is 8. The molecule has 0 aromatic carbocycles. The van der Waals surface area contributed by atoms with Crippen LogP contribution in [-0.4, -0.2) is 42.9 Å². The first kappa shape index (κ1) is 17.9. The summed E-state index contributed by atoms with van der Waals surface area (Å²) >= 11 is 0. The lowest BCUT2D eigenvalue weighted by atomic mass is 9.98. The van der Waals surface area contributed by atoms with Crippen LogP contribution in [0.2, 0.25) is 0 Å². The summed E-state index contributed by atoms with van der Waals surface area (Å²) in [5, 5.41) is 5.18. The molecule has 0 saturated carbocycles. The fraction of sp³-hybridized carbons (Fsp3) is 0.714. The van der Waals surface area contributed by atoms with Gasteiger partial charge in [0.25, 0.3) is 5.91 Å². The van der Waals surface area contributed by atoms with E-state index in [0.717, 1.165) is 0 Å². The summed E-state index contributed by atoms with van der Waals surface area (Å²) in [6.07, 6.45) is -0.348. The Bertz CT molecular complexity index is 438. The first-order chi connectivity index (χ1) is 10.3. The minimum absolute atomic E-state index is 0.102. The highest BCUT2D eigenvalue weighted by atomic mass is 16.6. The van der Waals surface area contributed by atoms with E-state index < -0.39 is 24.1 Å². The van der Waals surface area contributed by atoms with Gasteiger partial charge in [0.15, 0.2) is 6.10 Å². The lowest BCUT2D eigenvalue weighted by Crippen LogP contribution is -2.46. The van der Waals surface area contributed by atoms with Gasteiger partial charge in [0.05, 0.1) is 6.04 Å². The quantitative estimate of drug-likeness (QED) is 0.530. The van der Waals surface area contributed by atoms with Crippen LogP contribution in [-0.2, 0) is 19.1 Å². The van der Waals surface area contributed by atoms with Crippen LogP contribution in [0.25, 0.3) is 0 Å². The van der Waals surface area contributed by atoms with Crippen molar-refractivity contribution in [2.75, 3.05) is 6.54 Å². The minimum Gasteiger partial charge on any atom is -0.436 e. The van der Waals surface area contributed by atoms with Gasteiger partial charge in [0, 0.05) is 12.5 Å². The summed E-state index contributed by atoms with van der Waals surface area (Å²) in [5.41, 5.74) is 4.96. The molecule has 1 saturated heterocycles. The summed E-state index contributed by atoms with van der Waals surface area (Å²) < 4.78 is 4.79. The molecule has 0 aromatic rings. The molecular formula is C14H23N3O5. The van der Waals surface area contributed by atoms with Crippen LogP contribution in [0, 0.1) is 11.8 Å². The van der Waals surface area contributed by atoms with Crippen LogP contribution in [0.5, 0.6) is 0 Å². The molecule has 0 bridgehead atoms. The van der Waals surface area contributed by atoms with Gasteiger partial charge in [-0.3, -0.25) is 9.59 Å². The number of hydrogen-bond acceptors (Lipinski definition) is 5. The molecule has 1 aliphatic rings. The number of hydrogen-bond donors (Lipinski definition) is 3. The van der Waals surface area contributed by atoms with Crippen LogP contribution in [0.15, 0.2) is 0 Å². The van der Waals surface area contributed by atoms with E-state index in [2.05, 4.69) is 10.6 Å². The molecule has 124 valence electrons. The Kier molecular flexibility index (Phi) is 6.81. The first-order valence-electron chi connectivity index (χ1n) is 7.33. The Hall–Kier alpha value is -2.12.